The van der Waals surface area contributed by atoms with E-state index in [-0.39, 0.29) is 0 Å². The Kier molecular flexibility index (Phi) is 5.89. The summed E-state index contributed by atoms with van der Waals surface area (Å²) < 4.78 is 1.12. The predicted molar refractivity (Wildman–Crippen MR) is 84.3 cm³/mol. The molecule has 3 heteroatoms. The normalized spacial score (nSPS) is 12.3. The van der Waals surface area contributed by atoms with E-state index in [0.717, 1.165) is 17.6 Å². The molecule has 0 heterocycles. The lowest BCUT2D eigenvalue weighted by Crippen LogP contribution is -2.24. The van der Waals surface area contributed by atoms with E-state index in [0.29, 0.717) is 6.04 Å². The molecule has 1 rings (SSSR count). The summed E-state index contributed by atoms with van der Waals surface area (Å²) in [6, 6.07) is 6.79. The molecule has 1 N–H and O–H groups in total. The molecule has 0 bridgehead atoms. The first-order valence-corrected chi connectivity index (χ1v) is 7.13. The zero-order valence-corrected chi connectivity index (χ0v) is 13.3. The van der Waals surface area contributed by atoms with Crippen molar-refractivity contribution in [1.82, 2.24) is 5.32 Å². The first kappa shape index (κ1) is 15.3. The van der Waals surface area contributed by atoms with Gasteiger partial charge in [-0.3, -0.25) is 0 Å². The van der Waals surface area contributed by atoms with Crippen molar-refractivity contribution in [2.45, 2.75) is 26.8 Å². The van der Waals surface area contributed by atoms with Crippen LogP contribution in [0.3, 0.4) is 0 Å². The van der Waals surface area contributed by atoms with Crippen LogP contribution in [-0.4, -0.2) is 20.1 Å². The van der Waals surface area contributed by atoms with Crippen molar-refractivity contribution in [1.29, 1.82) is 0 Å². The van der Waals surface area contributed by atoms with E-state index in [4.69, 9.17) is 0 Å². The topological polar surface area (TPSA) is 15.3 Å². The Labute approximate surface area is 119 Å². The standard InChI is InChI=1S/C15H23BrN2/c1-6-17-12(4)14-9-13(16)7-8-15(14)18(5)10-11(2)3/h7-9,12,17H,2,6,10H2,1,3-5H3. The van der Waals surface area contributed by atoms with Crippen molar-refractivity contribution >= 4 is 21.6 Å². The van der Waals surface area contributed by atoms with Crippen LogP contribution in [0.2, 0.25) is 0 Å². The van der Waals surface area contributed by atoms with Crippen molar-refractivity contribution in [3.8, 4) is 0 Å². The van der Waals surface area contributed by atoms with Crippen LogP contribution in [0.4, 0.5) is 5.69 Å². The summed E-state index contributed by atoms with van der Waals surface area (Å²) in [7, 11) is 2.11. The number of rotatable bonds is 6. The highest BCUT2D eigenvalue weighted by molar-refractivity contribution is 9.10. The number of nitrogens with one attached hydrogen (secondary N) is 1. The predicted octanol–water partition coefficient (Wildman–Crippen LogP) is 4.13. The molecule has 1 atom stereocenters. The lowest BCUT2D eigenvalue weighted by Gasteiger charge is -2.26. The molecule has 1 aromatic carbocycles. The second kappa shape index (κ2) is 6.95. The molecule has 0 aliphatic carbocycles. The van der Waals surface area contributed by atoms with Crippen molar-refractivity contribution in [3.05, 3.63) is 40.4 Å². The zero-order chi connectivity index (χ0) is 13.7. The molecule has 1 unspecified atom stereocenters. The lowest BCUT2D eigenvalue weighted by molar-refractivity contribution is 0.597. The highest BCUT2D eigenvalue weighted by Gasteiger charge is 2.13. The van der Waals surface area contributed by atoms with Gasteiger partial charge >= 0.3 is 0 Å². The van der Waals surface area contributed by atoms with Gasteiger partial charge in [-0.15, -0.1) is 0 Å². The monoisotopic (exact) mass is 310 g/mol. The summed E-state index contributed by atoms with van der Waals surface area (Å²) in [5, 5.41) is 3.47. The lowest BCUT2D eigenvalue weighted by atomic mass is 10.0. The fourth-order valence-electron chi connectivity index (χ4n) is 2.13. The summed E-state index contributed by atoms with van der Waals surface area (Å²) in [6.07, 6.45) is 0. The van der Waals surface area contributed by atoms with E-state index >= 15 is 0 Å². The van der Waals surface area contributed by atoms with Gasteiger partial charge in [0.1, 0.15) is 0 Å². The highest BCUT2D eigenvalue weighted by Crippen LogP contribution is 2.29. The van der Waals surface area contributed by atoms with Gasteiger partial charge in [0.05, 0.1) is 0 Å². The number of nitrogens with zero attached hydrogens (tertiary/aromatic N) is 1. The molecule has 0 spiro atoms. The maximum Gasteiger partial charge on any atom is 0.0415 e. The molecule has 0 saturated heterocycles. The Balaban J connectivity index is 3.06. The van der Waals surface area contributed by atoms with Gasteiger partial charge in [0.15, 0.2) is 0 Å². The van der Waals surface area contributed by atoms with Crippen LogP contribution in [0, 0.1) is 0 Å². The second-order valence-electron chi connectivity index (χ2n) is 4.80. The first-order chi connectivity index (χ1) is 8.45. The summed E-state index contributed by atoms with van der Waals surface area (Å²) in [5.41, 5.74) is 3.74. The third-order valence-corrected chi connectivity index (χ3v) is 3.38. The van der Waals surface area contributed by atoms with Gasteiger partial charge in [0.25, 0.3) is 0 Å². The van der Waals surface area contributed by atoms with E-state index in [1.807, 2.05) is 0 Å². The van der Waals surface area contributed by atoms with Gasteiger partial charge in [-0.05, 0) is 44.2 Å². The molecular formula is C15H23BrN2. The zero-order valence-electron chi connectivity index (χ0n) is 11.8. The van der Waals surface area contributed by atoms with Gasteiger partial charge in [-0.1, -0.05) is 35.0 Å². The number of likely N-dealkylation sites (N-methyl/N-ethyl adjacent to an activating group) is 1. The first-order valence-electron chi connectivity index (χ1n) is 6.34. The van der Waals surface area contributed by atoms with E-state index in [2.05, 4.69) is 78.7 Å². The molecule has 0 aliphatic rings. The van der Waals surface area contributed by atoms with Crippen LogP contribution >= 0.6 is 15.9 Å². The number of hydrogen-bond donors (Lipinski definition) is 1. The van der Waals surface area contributed by atoms with Crippen LogP contribution < -0.4 is 10.2 Å². The summed E-state index contributed by atoms with van der Waals surface area (Å²) in [5.74, 6) is 0. The molecule has 0 saturated carbocycles. The number of hydrogen-bond acceptors (Lipinski definition) is 2. The fraction of sp³-hybridized carbons (Fsp3) is 0.467. The quantitative estimate of drug-likeness (QED) is 0.795. The smallest absolute Gasteiger partial charge is 0.0415 e. The van der Waals surface area contributed by atoms with Gasteiger partial charge in [-0.25, -0.2) is 0 Å². The van der Waals surface area contributed by atoms with Crippen molar-refractivity contribution in [3.63, 3.8) is 0 Å². The van der Waals surface area contributed by atoms with Crippen LogP contribution in [-0.2, 0) is 0 Å². The van der Waals surface area contributed by atoms with E-state index < -0.39 is 0 Å². The van der Waals surface area contributed by atoms with Crippen molar-refractivity contribution in [2.75, 3.05) is 25.0 Å². The van der Waals surface area contributed by atoms with Gasteiger partial charge in [0.2, 0.25) is 0 Å². The third kappa shape index (κ3) is 4.14. The number of benzene rings is 1. The number of halogens is 1. The van der Waals surface area contributed by atoms with Gasteiger partial charge < -0.3 is 10.2 Å². The van der Waals surface area contributed by atoms with Gasteiger partial charge in [0, 0.05) is 29.8 Å². The molecule has 1 aromatic rings. The maximum atomic E-state index is 3.98. The van der Waals surface area contributed by atoms with E-state index in [1.54, 1.807) is 0 Å². The minimum Gasteiger partial charge on any atom is -0.370 e. The Bertz CT molecular complexity index is 415. The van der Waals surface area contributed by atoms with Crippen LogP contribution in [0.5, 0.6) is 0 Å². The fourth-order valence-corrected chi connectivity index (χ4v) is 2.50. The molecule has 0 radical (unpaired) electrons. The summed E-state index contributed by atoms with van der Waals surface area (Å²) in [4.78, 5) is 2.25. The Hall–Kier alpha value is -0.800. The SMILES string of the molecule is C=C(C)CN(C)c1ccc(Br)cc1C(C)NCC. The van der Waals surface area contributed by atoms with Crippen LogP contribution in [0.25, 0.3) is 0 Å². The molecule has 0 amide bonds. The minimum atomic E-state index is 0.343. The van der Waals surface area contributed by atoms with Crippen molar-refractivity contribution < 1.29 is 0 Å². The average Bonchev–Trinajstić information content (AvgIpc) is 2.28. The summed E-state index contributed by atoms with van der Waals surface area (Å²) in [6.45, 7) is 12.2. The Morgan fingerprint density at radius 3 is 2.72 bits per heavy atom. The molecular weight excluding hydrogens is 288 g/mol. The minimum absolute atomic E-state index is 0.343. The molecule has 18 heavy (non-hydrogen) atoms. The van der Waals surface area contributed by atoms with E-state index in [9.17, 15) is 0 Å². The molecule has 2 nitrogen and oxygen atoms in total. The van der Waals surface area contributed by atoms with Crippen LogP contribution in [0.1, 0.15) is 32.4 Å². The highest BCUT2D eigenvalue weighted by atomic mass is 79.9. The van der Waals surface area contributed by atoms with Crippen molar-refractivity contribution in [2.24, 2.45) is 0 Å². The molecule has 0 fully saturated rings. The largest absolute Gasteiger partial charge is 0.370 e. The molecule has 0 aliphatic heterocycles. The molecule has 100 valence electrons. The van der Waals surface area contributed by atoms with Crippen LogP contribution in [0.15, 0.2) is 34.8 Å². The Morgan fingerprint density at radius 2 is 2.17 bits per heavy atom. The van der Waals surface area contributed by atoms with E-state index in [1.165, 1.54) is 16.8 Å². The third-order valence-electron chi connectivity index (χ3n) is 2.88. The number of anilines is 1. The second-order valence-corrected chi connectivity index (χ2v) is 5.71. The average molecular weight is 311 g/mol. The molecule has 0 aromatic heterocycles. The maximum absolute atomic E-state index is 3.98. The Morgan fingerprint density at radius 1 is 1.50 bits per heavy atom. The summed E-state index contributed by atoms with van der Waals surface area (Å²) >= 11 is 3.55. The van der Waals surface area contributed by atoms with Gasteiger partial charge in [-0.2, -0.15) is 0 Å².